The third kappa shape index (κ3) is 0.768. The number of nitrogens with zero attached hydrogens (tertiary/aromatic N) is 2. The second kappa shape index (κ2) is 2.67. The van der Waals surface area contributed by atoms with Crippen LogP contribution in [0.25, 0.3) is 33.0 Å². The summed E-state index contributed by atoms with van der Waals surface area (Å²) in [6.45, 7) is 0. The minimum Gasteiger partial charge on any atom is -0.301 e. The molecule has 5 rings (SSSR count). The molecule has 0 saturated carbocycles. The number of hydrogen-bond acceptors (Lipinski definition) is 0. The Morgan fingerprint density at radius 2 is 1.50 bits per heavy atom. The van der Waals surface area contributed by atoms with Gasteiger partial charge in [-0.2, -0.15) is 0 Å². The average Bonchev–Trinajstić information content (AvgIpc) is 3.06. The van der Waals surface area contributed by atoms with Crippen LogP contribution in [0.1, 0.15) is 0 Å². The molecular formula is C16H10N2. The first-order valence-electron chi connectivity index (χ1n) is 6.15. The molecular weight excluding hydrogens is 220 g/mol. The third-order valence-corrected chi connectivity index (χ3v) is 3.89. The molecule has 2 aromatic carbocycles. The summed E-state index contributed by atoms with van der Waals surface area (Å²) in [4.78, 5) is 0. The lowest BCUT2D eigenvalue weighted by Gasteiger charge is -1.94. The first kappa shape index (κ1) is 8.59. The normalized spacial score (nSPS) is 12.4. The van der Waals surface area contributed by atoms with Crippen molar-refractivity contribution in [2.45, 2.75) is 0 Å². The molecule has 0 atom stereocenters. The maximum atomic E-state index is 2.36. The fourth-order valence-electron chi connectivity index (χ4n) is 3.19. The Balaban J connectivity index is 2.35. The molecule has 0 amide bonds. The number of benzene rings is 2. The number of fused-ring (bicyclic) bond motifs is 6. The van der Waals surface area contributed by atoms with E-state index in [0.717, 1.165) is 0 Å². The van der Waals surface area contributed by atoms with Crippen LogP contribution in [0.3, 0.4) is 0 Å². The van der Waals surface area contributed by atoms with E-state index in [1.807, 2.05) is 0 Å². The van der Waals surface area contributed by atoms with Crippen molar-refractivity contribution in [1.29, 1.82) is 0 Å². The molecule has 3 heterocycles. The molecule has 2 heteroatoms. The van der Waals surface area contributed by atoms with Crippen molar-refractivity contribution in [3.63, 3.8) is 0 Å². The molecule has 0 aliphatic heterocycles. The van der Waals surface area contributed by atoms with Crippen LogP contribution in [0.4, 0.5) is 0 Å². The molecule has 0 spiro atoms. The smallest absolute Gasteiger partial charge is 0.122 e. The van der Waals surface area contributed by atoms with Gasteiger partial charge in [-0.3, -0.25) is 4.40 Å². The molecule has 0 radical (unpaired) electrons. The van der Waals surface area contributed by atoms with Crippen LogP contribution in [0.2, 0.25) is 0 Å². The number of imidazole rings is 1. The number of hydrogen-bond donors (Lipinski definition) is 0. The maximum Gasteiger partial charge on any atom is 0.122 e. The van der Waals surface area contributed by atoms with Crippen LogP contribution < -0.4 is 0 Å². The highest BCUT2D eigenvalue weighted by Gasteiger charge is 2.15. The number of para-hydroxylation sites is 2. The summed E-state index contributed by atoms with van der Waals surface area (Å²) < 4.78 is 4.62. The van der Waals surface area contributed by atoms with E-state index in [2.05, 4.69) is 69.6 Å². The molecule has 0 bridgehead atoms. The van der Waals surface area contributed by atoms with E-state index in [9.17, 15) is 0 Å². The van der Waals surface area contributed by atoms with Gasteiger partial charge in [0.05, 0.1) is 16.6 Å². The lowest BCUT2D eigenvalue weighted by Crippen LogP contribution is -1.80. The van der Waals surface area contributed by atoms with E-state index in [-0.39, 0.29) is 0 Å². The fourth-order valence-corrected chi connectivity index (χ4v) is 3.19. The number of aromatic nitrogens is 2. The van der Waals surface area contributed by atoms with Crippen molar-refractivity contribution in [3.05, 3.63) is 60.8 Å². The van der Waals surface area contributed by atoms with Crippen molar-refractivity contribution in [3.8, 4) is 0 Å². The highest BCUT2D eigenvalue weighted by molar-refractivity contribution is 6.15. The van der Waals surface area contributed by atoms with Gasteiger partial charge in [0.15, 0.2) is 0 Å². The summed E-state index contributed by atoms with van der Waals surface area (Å²) in [5, 5.41) is 2.67. The molecule has 0 aliphatic carbocycles. The monoisotopic (exact) mass is 230 g/mol. The van der Waals surface area contributed by atoms with Crippen LogP contribution in [0, 0.1) is 0 Å². The van der Waals surface area contributed by atoms with Gasteiger partial charge < -0.3 is 4.40 Å². The molecule has 0 aliphatic rings. The summed E-state index contributed by atoms with van der Waals surface area (Å²) in [5.74, 6) is 0. The topological polar surface area (TPSA) is 8.82 Å². The Hall–Kier alpha value is -2.48. The van der Waals surface area contributed by atoms with Gasteiger partial charge >= 0.3 is 0 Å². The Morgan fingerprint density at radius 3 is 2.50 bits per heavy atom. The van der Waals surface area contributed by atoms with E-state index in [0.29, 0.717) is 0 Å². The second-order valence-electron chi connectivity index (χ2n) is 4.76. The van der Waals surface area contributed by atoms with Crippen LogP contribution in [0.5, 0.6) is 0 Å². The molecule has 2 nitrogen and oxygen atoms in total. The Kier molecular flexibility index (Phi) is 1.27. The standard InChI is InChI=1S/C16H10N2/c1-2-7-13-11(5-1)12-6-3-8-14-16(12)18(13)15-9-4-10-17(14)15/h1-10H. The zero-order chi connectivity index (χ0) is 11.7. The van der Waals surface area contributed by atoms with Gasteiger partial charge in [0.25, 0.3) is 0 Å². The van der Waals surface area contributed by atoms with Crippen LogP contribution in [-0.2, 0) is 0 Å². The van der Waals surface area contributed by atoms with Gasteiger partial charge in [0.2, 0.25) is 0 Å². The van der Waals surface area contributed by atoms with Gasteiger partial charge in [0.1, 0.15) is 5.65 Å². The Morgan fingerprint density at radius 1 is 0.667 bits per heavy atom. The van der Waals surface area contributed by atoms with Gasteiger partial charge in [0, 0.05) is 17.0 Å². The summed E-state index contributed by atoms with van der Waals surface area (Å²) in [6.07, 6.45) is 2.13. The summed E-state index contributed by atoms with van der Waals surface area (Å²) in [6, 6.07) is 19.4. The Labute approximate surface area is 103 Å². The van der Waals surface area contributed by atoms with Crippen LogP contribution in [-0.4, -0.2) is 8.80 Å². The summed E-state index contributed by atoms with van der Waals surface area (Å²) in [5.41, 5.74) is 5.14. The molecule has 5 aromatic rings. The van der Waals surface area contributed by atoms with Crippen molar-refractivity contribution >= 4 is 33.0 Å². The summed E-state index contributed by atoms with van der Waals surface area (Å²) in [7, 11) is 0. The van der Waals surface area contributed by atoms with Crippen molar-refractivity contribution < 1.29 is 0 Å². The quantitative estimate of drug-likeness (QED) is 0.381. The first-order valence-corrected chi connectivity index (χ1v) is 6.15. The van der Waals surface area contributed by atoms with Crippen LogP contribution in [0.15, 0.2) is 60.8 Å². The lowest BCUT2D eigenvalue weighted by molar-refractivity contribution is 1.24. The molecule has 0 N–H and O–H groups in total. The highest BCUT2D eigenvalue weighted by atomic mass is 15.1. The van der Waals surface area contributed by atoms with Crippen LogP contribution >= 0.6 is 0 Å². The molecule has 18 heavy (non-hydrogen) atoms. The van der Waals surface area contributed by atoms with Gasteiger partial charge in [-0.15, -0.1) is 0 Å². The molecule has 3 aromatic heterocycles. The largest absolute Gasteiger partial charge is 0.301 e. The molecule has 0 saturated heterocycles. The van der Waals surface area contributed by atoms with E-state index in [1.54, 1.807) is 0 Å². The van der Waals surface area contributed by atoms with Crippen molar-refractivity contribution in [2.75, 3.05) is 0 Å². The predicted molar refractivity (Wildman–Crippen MR) is 74.6 cm³/mol. The molecule has 0 unspecified atom stereocenters. The SMILES string of the molecule is c1ccc2c(c1)c1cccc3c1n2c1cccn31. The van der Waals surface area contributed by atoms with Gasteiger partial charge in [-0.05, 0) is 24.3 Å². The van der Waals surface area contributed by atoms with E-state index in [4.69, 9.17) is 0 Å². The highest BCUT2D eigenvalue weighted by Crippen LogP contribution is 2.34. The number of rotatable bonds is 0. The predicted octanol–water partition coefficient (Wildman–Crippen LogP) is 3.94. The van der Waals surface area contributed by atoms with E-state index >= 15 is 0 Å². The maximum absolute atomic E-state index is 2.36. The molecule has 0 fully saturated rings. The minimum atomic E-state index is 1.24. The minimum absolute atomic E-state index is 1.24. The zero-order valence-electron chi connectivity index (χ0n) is 9.67. The van der Waals surface area contributed by atoms with Crippen molar-refractivity contribution in [1.82, 2.24) is 8.80 Å². The van der Waals surface area contributed by atoms with E-state index < -0.39 is 0 Å². The summed E-state index contributed by atoms with van der Waals surface area (Å²) >= 11 is 0. The fraction of sp³-hybridized carbons (Fsp3) is 0. The van der Waals surface area contributed by atoms with Gasteiger partial charge in [-0.25, -0.2) is 0 Å². The third-order valence-electron chi connectivity index (χ3n) is 3.89. The zero-order valence-corrected chi connectivity index (χ0v) is 9.67. The van der Waals surface area contributed by atoms with Crippen molar-refractivity contribution in [2.24, 2.45) is 0 Å². The average molecular weight is 230 g/mol. The second-order valence-corrected chi connectivity index (χ2v) is 4.76. The Bertz CT molecular complexity index is 1020. The lowest BCUT2D eigenvalue weighted by atomic mass is 10.1. The molecule has 84 valence electrons. The van der Waals surface area contributed by atoms with Gasteiger partial charge in [-0.1, -0.05) is 30.3 Å². The van der Waals surface area contributed by atoms with E-state index in [1.165, 1.54) is 33.0 Å². The first-order chi connectivity index (χ1) is 8.95.